The molecule has 0 saturated carbocycles. The third-order valence-corrected chi connectivity index (χ3v) is 7.46. The van der Waals surface area contributed by atoms with Crippen molar-refractivity contribution in [3.8, 4) is 0 Å². The van der Waals surface area contributed by atoms with Crippen LogP contribution in [0, 0.1) is 17.8 Å². The molecule has 19 heteroatoms. The van der Waals surface area contributed by atoms with Crippen LogP contribution in [0.1, 0.15) is 0 Å². The van der Waals surface area contributed by atoms with E-state index in [1.165, 1.54) is 0 Å². The van der Waals surface area contributed by atoms with Gasteiger partial charge >= 0.3 is 0 Å². The summed E-state index contributed by atoms with van der Waals surface area (Å²) >= 11 is 0. The Morgan fingerprint density at radius 1 is 0.273 bits per heavy atom. The van der Waals surface area contributed by atoms with E-state index in [0.29, 0.717) is 66.1 Å². The molecule has 0 aliphatic carbocycles. The van der Waals surface area contributed by atoms with Gasteiger partial charge in [0.1, 0.15) is 51.6 Å². The Kier molecular flexibility index (Phi) is 40.8. The summed E-state index contributed by atoms with van der Waals surface area (Å²) in [6.45, 7) is 5.21. The molecule has 0 radical (unpaired) electrons. The predicted octanol–water partition coefficient (Wildman–Crippen LogP) is 0.469. The van der Waals surface area contributed by atoms with Gasteiger partial charge < -0.3 is 90.4 Å². The minimum Gasteiger partial charge on any atom is -0.396 e. The van der Waals surface area contributed by atoms with Gasteiger partial charge in [0, 0.05) is 74.6 Å². The Balaban J connectivity index is 5.07. The highest BCUT2D eigenvalue weighted by atomic mass is 16.7. The quantitative estimate of drug-likeness (QED) is 0.0660. The van der Waals surface area contributed by atoms with E-state index in [0.717, 1.165) is 0 Å². The van der Waals surface area contributed by atoms with E-state index < -0.39 is 0 Å². The average Bonchev–Trinajstić information content (AvgIpc) is 3.17. The fourth-order valence-electron chi connectivity index (χ4n) is 4.75. The zero-order valence-corrected chi connectivity index (χ0v) is 34.7. The van der Waals surface area contributed by atoms with E-state index >= 15 is 0 Å². The van der Waals surface area contributed by atoms with Crippen LogP contribution in [0.5, 0.6) is 0 Å². The first-order valence-electron chi connectivity index (χ1n) is 18.4. The van der Waals surface area contributed by atoms with Gasteiger partial charge in [-0.05, 0) is 0 Å². The summed E-state index contributed by atoms with van der Waals surface area (Å²) in [7, 11) is 12.8. The van der Waals surface area contributed by atoms with Crippen molar-refractivity contribution < 1.29 is 90.4 Å². The highest BCUT2D eigenvalue weighted by Crippen LogP contribution is 2.09. The van der Waals surface area contributed by atoms with Gasteiger partial charge in [-0.15, -0.1) is 0 Å². The van der Waals surface area contributed by atoms with Gasteiger partial charge in [0.25, 0.3) is 0 Å². The number of hydrogen-bond acceptors (Lipinski definition) is 19. The molecular weight excluding hydrogens is 736 g/mol. The lowest BCUT2D eigenvalue weighted by Crippen LogP contribution is -2.30. The number of ether oxygens (including phenoxy) is 18. The Morgan fingerprint density at radius 3 is 0.673 bits per heavy atom. The number of hydrogen-bond donors (Lipinski definition) is 1. The Bertz CT molecular complexity index is 630. The lowest BCUT2D eigenvalue weighted by atomic mass is 10.1. The van der Waals surface area contributed by atoms with Crippen molar-refractivity contribution >= 4 is 0 Å². The molecule has 0 rings (SSSR count). The van der Waals surface area contributed by atoms with Crippen LogP contribution >= 0.6 is 0 Å². The second kappa shape index (κ2) is 41.4. The molecule has 332 valence electrons. The number of aliphatic hydroxyl groups excluding tert-OH is 1. The summed E-state index contributed by atoms with van der Waals surface area (Å²) in [5, 5.41) is 10.1. The van der Waals surface area contributed by atoms with Crippen molar-refractivity contribution in [3.63, 3.8) is 0 Å². The highest BCUT2D eigenvalue weighted by Gasteiger charge is 2.18. The number of rotatable bonds is 45. The smallest absolute Gasteiger partial charge is 0.147 e. The van der Waals surface area contributed by atoms with Gasteiger partial charge in [-0.1, -0.05) is 0 Å². The molecule has 0 amide bonds. The van der Waals surface area contributed by atoms with E-state index in [4.69, 9.17) is 85.3 Å². The molecule has 0 heterocycles. The van der Waals surface area contributed by atoms with E-state index in [-0.39, 0.29) is 116 Å². The van der Waals surface area contributed by atoms with E-state index in [9.17, 15) is 5.11 Å². The standard InChI is InChI=1S/C36H74O19/c1-38-18-33(19-39-2)52-26-48-14-31(15-49-27-53-34(20-40-3)21-41-4)12-46-10-30(9-37)11-47-13-32(16-50-28-54-35(22-42-5)23-43-6)17-51-29-55-36(24-44-7)25-45-8/h30-37H,9-29H2,1-8H3. The van der Waals surface area contributed by atoms with Crippen molar-refractivity contribution in [1.82, 2.24) is 0 Å². The van der Waals surface area contributed by atoms with Gasteiger partial charge in [0.05, 0.1) is 112 Å². The number of methoxy groups -OCH3 is 8. The first-order valence-corrected chi connectivity index (χ1v) is 18.4. The third kappa shape index (κ3) is 32.8. The first kappa shape index (κ1) is 54.2. The molecule has 0 aliphatic heterocycles. The molecular formula is C36H74O19. The molecule has 0 aromatic heterocycles. The molecule has 1 N–H and O–H groups in total. The van der Waals surface area contributed by atoms with Gasteiger partial charge in [-0.2, -0.15) is 0 Å². The van der Waals surface area contributed by atoms with Crippen LogP contribution in [0.4, 0.5) is 0 Å². The first-order chi connectivity index (χ1) is 26.9. The summed E-state index contributed by atoms with van der Waals surface area (Å²) in [6.07, 6.45) is -1.05. The minimum absolute atomic E-state index is 0.0376. The van der Waals surface area contributed by atoms with Crippen LogP contribution in [0.3, 0.4) is 0 Å². The third-order valence-electron chi connectivity index (χ3n) is 7.46. The zero-order valence-electron chi connectivity index (χ0n) is 34.7. The molecule has 0 aromatic carbocycles. The number of aliphatic hydroxyl groups is 1. The summed E-state index contributed by atoms with van der Waals surface area (Å²) in [5.74, 6) is -0.618. The second-order valence-electron chi connectivity index (χ2n) is 12.6. The molecule has 0 bridgehead atoms. The van der Waals surface area contributed by atoms with Crippen molar-refractivity contribution in [2.75, 3.05) is 196 Å². The van der Waals surface area contributed by atoms with E-state index in [1.54, 1.807) is 56.9 Å². The molecule has 0 spiro atoms. The summed E-state index contributed by atoms with van der Waals surface area (Å²) in [5.41, 5.74) is 0. The van der Waals surface area contributed by atoms with Crippen molar-refractivity contribution in [1.29, 1.82) is 0 Å². The van der Waals surface area contributed by atoms with Crippen molar-refractivity contribution in [3.05, 3.63) is 0 Å². The van der Waals surface area contributed by atoms with Crippen LogP contribution in [0.15, 0.2) is 0 Å². The predicted molar refractivity (Wildman–Crippen MR) is 197 cm³/mol. The van der Waals surface area contributed by atoms with E-state index in [1.807, 2.05) is 0 Å². The lowest BCUT2D eigenvalue weighted by Gasteiger charge is -2.23. The van der Waals surface area contributed by atoms with Gasteiger partial charge in [-0.25, -0.2) is 0 Å². The van der Waals surface area contributed by atoms with Crippen molar-refractivity contribution in [2.45, 2.75) is 24.4 Å². The zero-order chi connectivity index (χ0) is 40.6. The molecule has 0 aromatic rings. The van der Waals surface area contributed by atoms with Crippen LogP contribution < -0.4 is 0 Å². The maximum atomic E-state index is 10.1. The van der Waals surface area contributed by atoms with Gasteiger partial charge in [-0.3, -0.25) is 0 Å². The van der Waals surface area contributed by atoms with Gasteiger partial charge in [0.2, 0.25) is 0 Å². The van der Waals surface area contributed by atoms with Crippen LogP contribution in [-0.2, 0) is 85.3 Å². The molecule has 0 unspecified atom stereocenters. The van der Waals surface area contributed by atoms with Crippen LogP contribution in [0.25, 0.3) is 0 Å². The second-order valence-corrected chi connectivity index (χ2v) is 12.6. The highest BCUT2D eigenvalue weighted by molar-refractivity contribution is 4.62. The average molecular weight is 811 g/mol. The minimum atomic E-state index is -0.288. The fraction of sp³-hybridized carbons (Fsp3) is 1.00. The summed E-state index contributed by atoms with van der Waals surface area (Å²) in [6, 6.07) is 0. The maximum Gasteiger partial charge on any atom is 0.147 e. The van der Waals surface area contributed by atoms with Crippen molar-refractivity contribution in [2.24, 2.45) is 17.8 Å². The summed E-state index contributed by atoms with van der Waals surface area (Å²) in [4.78, 5) is 0. The Morgan fingerprint density at radius 2 is 0.473 bits per heavy atom. The monoisotopic (exact) mass is 810 g/mol. The molecule has 55 heavy (non-hydrogen) atoms. The SMILES string of the molecule is COCC(COC)OCOCC(COCOC(COC)COC)COCC(CO)COCC(COCOC(COC)COC)COCOC(COC)COC. The van der Waals surface area contributed by atoms with Crippen LogP contribution in [0.2, 0.25) is 0 Å². The molecule has 0 atom stereocenters. The molecule has 0 aliphatic rings. The lowest BCUT2D eigenvalue weighted by molar-refractivity contribution is -0.152. The molecule has 19 nitrogen and oxygen atoms in total. The normalized spacial score (nSPS) is 12.4. The molecule has 0 saturated heterocycles. The summed E-state index contributed by atoms with van der Waals surface area (Å²) < 4.78 is 99.4. The Hall–Kier alpha value is -0.760. The van der Waals surface area contributed by atoms with E-state index in [2.05, 4.69) is 0 Å². The van der Waals surface area contributed by atoms with Gasteiger partial charge in [0.15, 0.2) is 0 Å². The molecule has 0 fully saturated rings. The maximum absolute atomic E-state index is 10.1. The largest absolute Gasteiger partial charge is 0.396 e. The fourth-order valence-corrected chi connectivity index (χ4v) is 4.75. The topological polar surface area (TPSA) is 186 Å². The van der Waals surface area contributed by atoms with Crippen LogP contribution in [-0.4, -0.2) is 226 Å². The Labute approximate surface area is 328 Å².